The van der Waals surface area contributed by atoms with Gasteiger partial charge in [0.05, 0.1) is 17.3 Å². The molecule has 4 rings (SSSR count). The fourth-order valence-electron chi connectivity index (χ4n) is 3.98. The van der Waals surface area contributed by atoms with Crippen LogP contribution in [0.2, 0.25) is 0 Å². The number of fused-ring (bicyclic) bond motifs is 1. The molecule has 1 heterocycles. The van der Waals surface area contributed by atoms with Gasteiger partial charge in [-0.15, -0.1) is 0 Å². The lowest BCUT2D eigenvalue weighted by molar-refractivity contribution is 0.0952. The quantitative estimate of drug-likeness (QED) is 0.339. The van der Waals surface area contributed by atoms with Crippen LogP contribution in [0.25, 0.3) is 22.0 Å². The van der Waals surface area contributed by atoms with Crippen LogP contribution < -0.4 is 16.4 Å². The third-order valence-electron chi connectivity index (χ3n) is 5.66. The molecule has 0 bridgehead atoms. The number of hydrogen-bond acceptors (Lipinski definition) is 4. The van der Waals surface area contributed by atoms with Crippen molar-refractivity contribution in [2.24, 2.45) is 5.73 Å². The lowest BCUT2D eigenvalue weighted by Crippen LogP contribution is -2.23. The van der Waals surface area contributed by atoms with Crippen LogP contribution in [0.1, 0.15) is 41.4 Å². The highest BCUT2D eigenvalue weighted by Crippen LogP contribution is 2.30. The summed E-state index contributed by atoms with van der Waals surface area (Å²) in [6.07, 6.45) is 1.80. The number of nitrogens with one attached hydrogen (secondary N) is 2. The number of nitrogens with zero attached hydrogens (tertiary/aromatic N) is 2. The minimum absolute atomic E-state index is 0.102. The van der Waals surface area contributed by atoms with Crippen LogP contribution in [0.15, 0.2) is 72.9 Å². The summed E-state index contributed by atoms with van der Waals surface area (Å²) in [6, 6.07) is 22.6. The van der Waals surface area contributed by atoms with E-state index in [2.05, 4.69) is 53.8 Å². The molecular formula is C27H31N5O. The van der Waals surface area contributed by atoms with E-state index in [1.165, 1.54) is 5.56 Å². The predicted molar refractivity (Wildman–Crippen MR) is 134 cm³/mol. The Morgan fingerprint density at radius 3 is 2.52 bits per heavy atom. The summed E-state index contributed by atoms with van der Waals surface area (Å²) in [7, 11) is 0. The second-order valence-electron chi connectivity index (χ2n) is 8.47. The number of amides is 1. The summed E-state index contributed by atoms with van der Waals surface area (Å²) in [4.78, 5) is 13.3. The molecule has 170 valence electrons. The first-order valence-electron chi connectivity index (χ1n) is 11.4. The Hall–Kier alpha value is -3.48. The summed E-state index contributed by atoms with van der Waals surface area (Å²) in [6.45, 7) is 6.80. The van der Waals surface area contributed by atoms with Crippen LogP contribution in [0.4, 0.5) is 0 Å². The zero-order valence-corrected chi connectivity index (χ0v) is 19.2. The number of aromatic nitrogens is 2. The van der Waals surface area contributed by atoms with E-state index < -0.39 is 0 Å². The number of nitrogens with two attached hydrogens (primary N) is 1. The van der Waals surface area contributed by atoms with E-state index >= 15 is 0 Å². The monoisotopic (exact) mass is 441 g/mol. The van der Waals surface area contributed by atoms with Gasteiger partial charge in [-0.25, -0.2) is 0 Å². The molecule has 4 aromatic rings. The van der Waals surface area contributed by atoms with Crippen LogP contribution in [0.3, 0.4) is 0 Å². The van der Waals surface area contributed by atoms with E-state index in [-0.39, 0.29) is 11.9 Å². The fraction of sp³-hybridized carbons (Fsp3) is 0.259. The van der Waals surface area contributed by atoms with Crippen LogP contribution in [-0.2, 0) is 13.1 Å². The number of benzene rings is 3. The molecule has 0 atom stereocenters. The Bertz CT molecular complexity index is 1230. The van der Waals surface area contributed by atoms with Crippen LogP contribution >= 0.6 is 0 Å². The maximum Gasteiger partial charge on any atom is 0.252 e. The van der Waals surface area contributed by atoms with Crippen LogP contribution in [0.5, 0.6) is 0 Å². The van der Waals surface area contributed by atoms with Crippen LogP contribution in [0, 0.1) is 0 Å². The Kier molecular flexibility index (Phi) is 7.17. The van der Waals surface area contributed by atoms with Crippen molar-refractivity contribution in [1.29, 1.82) is 0 Å². The maximum absolute atomic E-state index is 13.3. The largest absolute Gasteiger partial charge is 0.348 e. The maximum atomic E-state index is 13.3. The summed E-state index contributed by atoms with van der Waals surface area (Å²) in [5.41, 5.74) is 11.5. The summed E-state index contributed by atoms with van der Waals surface area (Å²) >= 11 is 0. The molecular weight excluding hydrogens is 410 g/mol. The Morgan fingerprint density at radius 1 is 0.970 bits per heavy atom. The first-order chi connectivity index (χ1) is 16.1. The van der Waals surface area contributed by atoms with Gasteiger partial charge >= 0.3 is 0 Å². The first-order valence-corrected chi connectivity index (χ1v) is 11.4. The molecule has 6 nitrogen and oxygen atoms in total. The molecule has 0 unspecified atom stereocenters. The van der Waals surface area contributed by atoms with E-state index in [9.17, 15) is 4.79 Å². The van der Waals surface area contributed by atoms with Gasteiger partial charge in [-0.2, -0.15) is 5.10 Å². The molecule has 6 heteroatoms. The van der Waals surface area contributed by atoms with E-state index in [0.717, 1.165) is 40.7 Å². The van der Waals surface area contributed by atoms with Gasteiger partial charge in [-0.05, 0) is 54.3 Å². The molecule has 0 saturated carbocycles. The van der Waals surface area contributed by atoms with Gasteiger partial charge in [0.2, 0.25) is 0 Å². The lowest BCUT2D eigenvalue weighted by atomic mass is 9.98. The van der Waals surface area contributed by atoms with E-state index in [1.807, 2.05) is 47.1 Å². The molecule has 0 aliphatic carbocycles. The molecule has 0 saturated heterocycles. The number of rotatable bonds is 9. The molecule has 3 aromatic carbocycles. The minimum atomic E-state index is -0.102. The highest BCUT2D eigenvalue weighted by molar-refractivity contribution is 6.08. The molecule has 1 amide bonds. The van der Waals surface area contributed by atoms with Crippen LogP contribution in [-0.4, -0.2) is 28.8 Å². The van der Waals surface area contributed by atoms with Crippen molar-refractivity contribution < 1.29 is 4.79 Å². The molecule has 0 fully saturated rings. The normalized spacial score (nSPS) is 11.3. The topological polar surface area (TPSA) is 85.0 Å². The number of hydrogen-bond donors (Lipinski definition) is 3. The highest BCUT2D eigenvalue weighted by atomic mass is 16.1. The van der Waals surface area contributed by atoms with Gasteiger partial charge in [0, 0.05) is 37.6 Å². The Balaban J connectivity index is 1.71. The van der Waals surface area contributed by atoms with Crippen molar-refractivity contribution in [2.45, 2.75) is 33.0 Å². The van der Waals surface area contributed by atoms with Crippen molar-refractivity contribution >= 4 is 16.8 Å². The van der Waals surface area contributed by atoms with E-state index in [0.29, 0.717) is 18.7 Å². The van der Waals surface area contributed by atoms with E-state index in [4.69, 9.17) is 5.73 Å². The third-order valence-corrected chi connectivity index (χ3v) is 5.66. The van der Waals surface area contributed by atoms with Gasteiger partial charge in [-0.1, -0.05) is 48.5 Å². The predicted octanol–water partition coefficient (Wildman–Crippen LogP) is 4.26. The summed E-state index contributed by atoms with van der Waals surface area (Å²) < 4.78 is 1.97. The fourth-order valence-corrected chi connectivity index (χ4v) is 3.98. The minimum Gasteiger partial charge on any atom is -0.348 e. The molecule has 33 heavy (non-hydrogen) atoms. The van der Waals surface area contributed by atoms with Gasteiger partial charge in [0.15, 0.2) is 0 Å². The van der Waals surface area contributed by atoms with Crippen molar-refractivity contribution in [3.8, 4) is 11.1 Å². The second kappa shape index (κ2) is 10.4. The standard InChI is InChI=1S/C27H31N5O/c1-19(2)32-26-15-23(22-10-6-9-21(13-22)16-29-12-11-28)14-24(25(26)18-31-32)27(33)30-17-20-7-4-3-5-8-20/h3-10,13-15,18-19,29H,11-12,16-17,28H2,1-2H3,(H,30,33). The van der Waals surface area contributed by atoms with Gasteiger partial charge in [0.25, 0.3) is 5.91 Å². The number of carbonyl (C=O) groups is 1. The second-order valence-corrected chi connectivity index (χ2v) is 8.47. The molecule has 4 N–H and O–H groups in total. The van der Waals surface area contributed by atoms with Gasteiger partial charge in [0.1, 0.15) is 0 Å². The number of carbonyl (C=O) groups excluding carboxylic acids is 1. The average molecular weight is 442 g/mol. The van der Waals surface area contributed by atoms with Crippen molar-refractivity contribution in [3.63, 3.8) is 0 Å². The van der Waals surface area contributed by atoms with Gasteiger partial charge in [-0.3, -0.25) is 9.48 Å². The summed E-state index contributed by atoms with van der Waals surface area (Å²) in [5.74, 6) is -0.102. The molecule has 0 aliphatic heterocycles. The average Bonchev–Trinajstić information content (AvgIpc) is 3.27. The van der Waals surface area contributed by atoms with Gasteiger partial charge < -0.3 is 16.4 Å². The Morgan fingerprint density at radius 2 is 1.76 bits per heavy atom. The zero-order valence-electron chi connectivity index (χ0n) is 19.2. The third kappa shape index (κ3) is 5.30. The van der Waals surface area contributed by atoms with Crippen molar-refractivity contribution in [1.82, 2.24) is 20.4 Å². The Labute approximate surface area is 194 Å². The van der Waals surface area contributed by atoms with Crippen molar-refractivity contribution in [2.75, 3.05) is 13.1 Å². The highest BCUT2D eigenvalue weighted by Gasteiger charge is 2.17. The van der Waals surface area contributed by atoms with Crippen molar-refractivity contribution in [3.05, 3.63) is 89.6 Å². The smallest absolute Gasteiger partial charge is 0.252 e. The molecule has 1 aromatic heterocycles. The first kappa shape index (κ1) is 22.7. The zero-order chi connectivity index (χ0) is 23.2. The lowest BCUT2D eigenvalue weighted by Gasteiger charge is -2.13. The molecule has 0 radical (unpaired) electrons. The van der Waals surface area contributed by atoms with E-state index in [1.54, 1.807) is 6.20 Å². The SMILES string of the molecule is CC(C)n1ncc2c(C(=O)NCc3ccccc3)cc(-c3cccc(CNCCN)c3)cc21. The summed E-state index contributed by atoms with van der Waals surface area (Å²) in [5, 5.41) is 11.8. The molecule has 0 spiro atoms. The molecule has 0 aliphatic rings.